The van der Waals surface area contributed by atoms with Crippen molar-refractivity contribution in [2.24, 2.45) is 0 Å². The van der Waals surface area contributed by atoms with Gasteiger partial charge in [0.15, 0.2) is 0 Å². The van der Waals surface area contributed by atoms with Crippen molar-refractivity contribution in [2.45, 2.75) is 31.8 Å². The summed E-state index contributed by atoms with van der Waals surface area (Å²) in [4.78, 5) is 39.0. The van der Waals surface area contributed by atoms with E-state index in [1.807, 2.05) is 0 Å². The molecule has 1 atom stereocenters. The molecular formula is C21H28N4O5. The minimum absolute atomic E-state index is 0.0785. The average Bonchev–Trinajstić information content (AvgIpc) is 3.51. The van der Waals surface area contributed by atoms with Crippen LogP contribution in [-0.2, 0) is 14.3 Å². The van der Waals surface area contributed by atoms with Crippen LogP contribution in [0, 0.1) is 0 Å². The van der Waals surface area contributed by atoms with Gasteiger partial charge in [-0.25, -0.2) is 9.59 Å². The maximum absolute atomic E-state index is 12.8. The Labute approximate surface area is 175 Å². The van der Waals surface area contributed by atoms with Gasteiger partial charge in [-0.2, -0.15) is 0 Å². The number of nitrogens with one attached hydrogen (secondary N) is 3. The first kappa shape index (κ1) is 21.6. The molecule has 0 bridgehead atoms. The van der Waals surface area contributed by atoms with Crippen molar-refractivity contribution in [3.63, 3.8) is 0 Å². The summed E-state index contributed by atoms with van der Waals surface area (Å²) in [6, 6.07) is 6.29. The van der Waals surface area contributed by atoms with Crippen LogP contribution in [-0.4, -0.2) is 62.7 Å². The van der Waals surface area contributed by atoms with Crippen LogP contribution >= 0.6 is 0 Å². The Morgan fingerprint density at radius 3 is 2.53 bits per heavy atom. The molecule has 1 aromatic carbocycles. The fraction of sp³-hybridized carbons (Fsp3) is 0.476. The van der Waals surface area contributed by atoms with E-state index < -0.39 is 18.0 Å². The second kappa shape index (κ2) is 9.62. The van der Waals surface area contributed by atoms with Crippen LogP contribution < -0.4 is 20.7 Å². The minimum Gasteiger partial charge on any atom is -0.497 e. The number of esters is 1. The Bertz CT molecular complexity index is 832. The number of benzene rings is 1. The maximum atomic E-state index is 12.8. The highest BCUT2D eigenvalue weighted by atomic mass is 16.5. The molecule has 0 radical (unpaired) electrons. The molecule has 0 unspecified atom stereocenters. The second-order valence-corrected chi connectivity index (χ2v) is 7.43. The van der Waals surface area contributed by atoms with E-state index in [9.17, 15) is 14.4 Å². The van der Waals surface area contributed by atoms with Crippen molar-refractivity contribution in [1.29, 1.82) is 0 Å². The fourth-order valence-corrected chi connectivity index (χ4v) is 3.31. The zero-order chi connectivity index (χ0) is 21.7. The Morgan fingerprint density at radius 2 is 1.93 bits per heavy atom. The predicted molar refractivity (Wildman–Crippen MR) is 110 cm³/mol. The van der Waals surface area contributed by atoms with Crippen LogP contribution in [0.4, 0.5) is 4.79 Å². The SMILES string of the molecule is CCOC(=O)C1=C(CN(C)CC(=O)NC2CC2)NC(=O)N[C@H]1c1ccc(OC)cc1. The zero-order valence-electron chi connectivity index (χ0n) is 17.5. The largest absolute Gasteiger partial charge is 0.497 e. The lowest BCUT2D eigenvalue weighted by atomic mass is 9.95. The van der Waals surface area contributed by atoms with Gasteiger partial charge in [-0.3, -0.25) is 9.69 Å². The molecule has 1 aromatic rings. The van der Waals surface area contributed by atoms with E-state index in [1.54, 1.807) is 50.2 Å². The van der Waals surface area contributed by atoms with Crippen molar-refractivity contribution >= 4 is 17.9 Å². The number of rotatable bonds is 9. The molecule has 0 saturated heterocycles. The second-order valence-electron chi connectivity index (χ2n) is 7.43. The quantitative estimate of drug-likeness (QED) is 0.520. The molecule has 2 aliphatic rings. The van der Waals surface area contributed by atoms with Crippen LogP contribution in [0.1, 0.15) is 31.4 Å². The van der Waals surface area contributed by atoms with Crippen LogP contribution in [0.5, 0.6) is 5.75 Å². The molecule has 30 heavy (non-hydrogen) atoms. The number of carbonyl (C=O) groups is 3. The maximum Gasteiger partial charge on any atom is 0.338 e. The van der Waals surface area contributed by atoms with E-state index in [-0.39, 0.29) is 31.6 Å². The van der Waals surface area contributed by atoms with E-state index in [1.165, 1.54) is 0 Å². The molecule has 0 spiro atoms. The molecule has 1 aliphatic carbocycles. The van der Waals surface area contributed by atoms with E-state index in [0.29, 0.717) is 17.0 Å². The molecule has 0 aromatic heterocycles. The number of ether oxygens (including phenoxy) is 2. The van der Waals surface area contributed by atoms with Gasteiger partial charge < -0.3 is 25.4 Å². The summed E-state index contributed by atoms with van der Waals surface area (Å²) in [5.74, 6) is 0.0733. The molecule has 1 aliphatic heterocycles. The molecular weight excluding hydrogens is 388 g/mol. The summed E-state index contributed by atoms with van der Waals surface area (Å²) in [6.45, 7) is 2.31. The van der Waals surface area contributed by atoms with E-state index >= 15 is 0 Å². The summed E-state index contributed by atoms with van der Waals surface area (Å²) in [5.41, 5.74) is 1.45. The highest BCUT2D eigenvalue weighted by Crippen LogP contribution is 2.29. The topological polar surface area (TPSA) is 109 Å². The molecule has 1 heterocycles. The average molecular weight is 416 g/mol. The van der Waals surface area contributed by atoms with Gasteiger partial charge in [0.25, 0.3) is 0 Å². The van der Waals surface area contributed by atoms with Gasteiger partial charge in [-0.15, -0.1) is 0 Å². The van der Waals surface area contributed by atoms with Gasteiger partial charge in [0.05, 0.1) is 31.9 Å². The van der Waals surface area contributed by atoms with Crippen molar-refractivity contribution < 1.29 is 23.9 Å². The Balaban J connectivity index is 1.85. The first-order valence-electron chi connectivity index (χ1n) is 10.0. The minimum atomic E-state index is -0.674. The molecule has 1 saturated carbocycles. The summed E-state index contributed by atoms with van der Waals surface area (Å²) in [7, 11) is 3.33. The third kappa shape index (κ3) is 5.50. The number of hydrogen-bond acceptors (Lipinski definition) is 6. The fourth-order valence-electron chi connectivity index (χ4n) is 3.31. The van der Waals surface area contributed by atoms with Crippen molar-refractivity contribution in [2.75, 3.05) is 33.9 Å². The molecule has 1 fully saturated rings. The lowest BCUT2D eigenvalue weighted by Gasteiger charge is -2.31. The molecule has 3 rings (SSSR count). The van der Waals surface area contributed by atoms with Crippen LogP contribution in [0.2, 0.25) is 0 Å². The molecule has 3 amide bonds. The van der Waals surface area contributed by atoms with Crippen LogP contribution in [0.15, 0.2) is 35.5 Å². The number of methoxy groups -OCH3 is 1. The molecule has 9 heteroatoms. The lowest BCUT2D eigenvalue weighted by molar-refractivity contribution is -0.139. The number of carbonyl (C=O) groups excluding carboxylic acids is 3. The van der Waals surface area contributed by atoms with Gasteiger partial charge in [-0.05, 0) is 44.5 Å². The summed E-state index contributed by atoms with van der Waals surface area (Å²) < 4.78 is 10.4. The number of likely N-dealkylation sites (N-methyl/N-ethyl adjacent to an activating group) is 1. The van der Waals surface area contributed by atoms with E-state index in [0.717, 1.165) is 18.4 Å². The van der Waals surface area contributed by atoms with Crippen LogP contribution in [0.25, 0.3) is 0 Å². The molecule has 162 valence electrons. The summed E-state index contributed by atoms with van der Waals surface area (Å²) in [6.07, 6.45) is 2.03. The number of hydrogen-bond donors (Lipinski definition) is 3. The number of urea groups is 1. The number of amides is 3. The normalized spacial score (nSPS) is 18.5. The number of nitrogens with zero attached hydrogens (tertiary/aromatic N) is 1. The van der Waals surface area contributed by atoms with Crippen molar-refractivity contribution in [3.05, 3.63) is 41.1 Å². The van der Waals surface area contributed by atoms with Crippen molar-refractivity contribution in [3.8, 4) is 5.75 Å². The first-order chi connectivity index (χ1) is 14.4. The highest BCUT2D eigenvalue weighted by Gasteiger charge is 2.34. The standard InChI is InChI=1S/C21H28N4O5/c1-4-30-20(27)18-16(11-25(2)12-17(26)22-14-7-8-14)23-21(28)24-19(18)13-5-9-15(29-3)10-6-13/h5-6,9-10,14,19H,4,7-8,11-12H2,1-3H3,(H,22,26)(H2,23,24,28)/t19-/m0/s1. The third-order valence-corrected chi connectivity index (χ3v) is 4.88. The summed E-state index contributed by atoms with van der Waals surface area (Å²) in [5, 5.41) is 8.44. The first-order valence-corrected chi connectivity index (χ1v) is 10.0. The van der Waals surface area contributed by atoms with Crippen LogP contribution in [0.3, 0.4) is 0 Å². The Kier molecular flexibility index (Phi) is 6.94. The monoisotopic (exact) mass is 416 g/mol. The molecule has 9 nitrogen and oxygen atoms in total. The van der Waals surface area contributed by atoms with E-state index in [2.05, 4.69) is 16.0 Å². The predicted octanol–water partition coefficient (Wildman–Crippen LogP) is 1.08. The zero-order valence-corrected chi connectivity index (χ0v) is 17.5. The molecule has 3 N–H and O–H groups in total. The van der Waals surface area contributed by atoms with Crippen molar-refractivity contribution in [1.82, 2.24) is 20.9 Å². The smallest absolute Gasteiger partial charge is 0.338 e. The van der Waals surface area contributed by atoms with Gasteiger partial charge in [0.1, 0.15) is 5.75 Å². The highest BCUT2D eigenvalue weighted by molar-refractivity contribution is 5.95. The van der Waals surface area contributed by atoms with Gasteiger partial charge in [0.2, 0.25) is 5.91 Å². The van der Waals surface area contributed by atoms with E-state index in [4.69, 9.17) is 9.47 Å². The summed E-state index contributed by atoms with van der Waals surface area (Å²) >= 11 is 0. The third-order valence-electron chi connectivity index (χ3n) is 4.88. The van der Waals surface area contributed by atoms with Gasteiger partial charge in [-0.1, -0.05) is 12.1 Å². The Morgan fingerprint density at radius 1 is 1.23 bits per heavy atom. The lowest BCUT2D eigenvalue weighted by Crippen LogP contribution is -2.49. The van der Waals surface area contributed by atoms with Gasteiger partial charge in [0, 0.05) is 18.3 Å². The van der Waals surface area contributed by atoms with Gasteiger partial charge >= 0.3 is 12.0 Å². The Hall–Kier alpha value is -3.07.